The molecule has 0 spiro atoms. The molecule has 0 fully saturated rings. The van der Waals surface area contributed by atoms with Crippen molar-refractivity contribution in [2.75, 3.05) is 20.6 Å². The Bertz CT molecular complexity index is 161. The molecule has 10 heavy (non-hydrogen) atoms. The van der Waals surface area contributed by atoms with Crippen LogP contribution >= 0.6 is 0 Å². The lowest BCUT2D eigenvalue weighted by Gasteiger charge is -2.23. The monoisotopic (exact) mass is 140 g/mol. The third kappa shape index (κ3) is 1.03. The first kappa shape index (κ1) is 7.61. The van der Waals surface area contributed by atoms with Gasteiger partial charge in [-0.3, -0.25) is 0 Å². The summed E-state index contributed by atoms with van der Waals surface area (Å²) in [7, 11) is 4.24. The zero-order valence-electron chi connectivity index (χ0n) is 7.31. The van der Waals surface area contributed by atoms with Crippen LogP contribution in [0.1, 0.15) is 20.3 Å². The van der Waals surface area contributed by atoms with Crippen molar-refractivity contribution in [1.29, 1.82) is 0 Å². The third-order valence-corrected chi connectivity index (χ3v) is 2.20. The Balaban J connectivity index is 2.75. The molecule has 0 N–H and O–H groups in total. The Labute approximate surface area is 63.1 Å². The van der Waals surface area contributed by atoms with Crippen LogP contribution in [-0.4, -0.2) is 30.7 Å². The van der Waals surface area contributed by atoms with Crippen molar-refractivity contribution in [3.05, 3.63) is 11.3 Å². The number of hydrogen-bond donors (Lipinski definition) is 0. The number of hydrogen-bond acceptors (Lipinski definition) is 2. The van der Waals surface area contributed by atoms with E-state index in [2.05, 4.69) is 38.0 Å². The van der Waals surface area contributed by atoms with Gasteiger partial charge in [0.25, 0.3) is 0 Å². The lowest BCUT2D eigenvalue weighted by atomic mass is 10.2. The van der Waals surface area contributed by atoms with Crippen molar-refractivity contribution in [3.63, 3.8) is 0 Å². The Morgan fingerprint density at radius 3 is 2.20 bits per heavy atom. The first-order valence-electron chi connectivity index (χ1n) is 3.80. The summed E-state index contributed by atoms with van der Waals surface area (Å²) in [6.45, 7) is 5.51. The highest BCUT2D eigenvalue weighted by Gasteiger charge is 2.18. The summed E-state index contributed by atoms with van der Waals surface area (Å²) in [6, 6.07) is 0. The van der Waals surface area contributed by atoms with Crippen LogP contribution in [0, 0.1) is 0 Å². The third-order valence-electron chi connectivity index (χ3n) is 2.20. The number of likely N-dealkylation sites (N-methyl/N-ethyl adjacent to an activating group) is 1. The van der Waals surface area contributed by atoms with Gasteiger partial charge in [0.15, 0.2) is 0 Å². The molecule has 1 aliphatic heterocycles. The molecule has 0 atom stereocenters. The van der Waals surface area contributed by atoms with Crippen molar-refractivity contribution < 1.29 is 0 Å². The maximum absolute atomic E-state index is 2.23. The van der Waals surface area contributed by atoms with E-state index in [0.29, 0.717) is 0 Å². The van der Waals surface area contributed by atoms with E-state index in [9.17, 15) is 0 Å². The van der Waals surface area contributed by atoms with Crippen molar-refractivity contribution in [3.8, 4) is 0 Å². The van der Waals surface area contributed by atoms with Gasteiger partial charge in [-0.05, 0) is 18.9 Å². The van der Waals surface area contributed by atoms with E-state index in [1.54, 1.807) is 0 Å². The smallest absolute Gasteiger partial charge is 0.0405 e. The van der Waals surface area contributed by atoms with Crippen LogP contribution < -0.4 is 0 Å². The van der Waals surface area contributed by atoms with Crippen molar-refractivity contribution in [1.82, 2.24) is 10.0 Å². The summed E-state index contributed by atoms with van der Waals surface area (Å²) >= 11 is 0. The summed E-state index contributed by atoms with van der Waals surface area (Å²) in [5, 5.41) is 4.46. The van der Waals surface area contributed by atoms with Crippen LogP contribution in [0.2, 0.25) is 0 Å². The Hall–Kier alpha value is -0.500. The minimum absolute atomic E-state index is 1.10. The van der Waals surface area contributed by atoms with Crippen LogP contribution in [-0.2, 0) is 0 Å². The van der Waals surface area contributed by atoms with Crippen LogP contribution in [0.15, 0.2) is 11.3 Å². The molecule has 0 unspecified atom stereocenters. The summed E-state index contributed by atoms with van der Waals surface area (Å²) < 4.78 is 0. The zero-order chi connectivity index (χ0) is 7.72. The van der Waals surface area contributed by atoms with E-state index < -0.39 is 0 Å². The van der Waals surface area contributed by atoms with Crippen molar-refractivity contribution >= 4 is 0 Å². The Kier molecular flexibility index (Phi) is 2.00. The van der Waals surface area contributed by atoms with E-state index in [0.717, 1.165) is 13.0 Å². The summed E-state index contributed by atoms with van der Waals surface area (Å²) in [6.07, 6.45) is 1.15. The minimum Gasteiger partial charge on any atom is -0.313 e. The molecular formula is C8H16N2. The van der Waals surface area contributed by atoms with Gasteiger partial charge in [-0.15, -0.1) is 0 Å². The van der Waals surface area contributed by atoms with E-state index >= 15 is 0 Å². The number of rotatable bonds is 1. The first-order valence-corrected chi connectivity index (χ1v) is 3.80. The lowest BCUT2D eigenvalue weighted by molar-refractivity contribution is 0.0991. The first-order chi connectivity index (χ1) is 4.66. The number of allylic oxidation sites excluding steroid dienone is 1. The number of hydrazine groups is 1. The molecule has 0 aliphatic carbocycles. The summed E-state index contributed by atoms with van der Waals surface area (Å²) in [5.74, 6) is 0. The highest BCUT2D eigenvalue weighted by molar-refractivity contribution is 5.15. The largest absolute Gasteiger partial charge is 0.313 e. The maximum Gasteiger partial charge on any atom is 0.0405 e. The molecule has 0 saturated heterocycles. The fourth-order valence-electron chi connectivity index (χ4n) is 1.55. The quantitative estimate of drug-likeness (QED) is 0.544. The lowest BCUT2D eigenvalue weighted by Crippen LogP contribution is -2.30. The molecule has 0 bridgehead atoms. The van der Waals surface area contributed by atoms with E-state index in [1.165, 1.54) is 11.3 Å². The normalized spacial score (nSPS) is 21.0. The average molecular weight is 140 g/mol. The van der Waals surface area contributed by atoms with Gasteiger partial charge in [0.05, 0.1) is 0 Å². The van der Waals surface area contributed by atoms with Crippen molar-refractivity contribution in [2.45, 2.75) is 20.3 Å². The van der Waals surface area contributed by atoms with Gasteiger partial charge in [-0.2, -0.15) is 0 Å². The molecule has 1 heterocycles. The zero-order valence-corrected chi connectivity index (χ0v) is 7.31. The average Bonchev–Trinajstić information content (AvgIpc) is 2.09. The molecule has 0 aromatic rings. The molecular weight excluding hydrogens is 124 g/mol. The second-order valence-electron chi connectivity index (χ2n) is 2.92. The van der Waals surface area contributed by atoms with Gasteiger partial charge in [0.1, 0.15) is 0 Å². The predicted octanol–water partition coefficient (Wildman–Crippen LogP) is 1.46. The fraction of sp³-hybridized carbons (Fsp3) is 0.750. The van der Waals surface area contributed by atoms with Gasteiger partial charge >= 0.3 is 0 Å². The Morgan fingerprint density at radius 2 is 2.00 bits per heavy atom. The Morgan fingerprint density at radius 1 is 1.40 bits per heavy atom. The predicted molar refractivity (Wildman–Crippen MR) is 43.4 cm³/mol. The second-order valence-corrected chi connectivity index (χ2v) is 2.92. The molecule has 0 amide bonds. The highest BCUT2D eigenvalue weighted by Crippen LogP contribution is 2.21. The van der Waals surface area contributed by atoms with Gasteiger partial charge in [-0.25, -0.2) is 5.01 Å². The van der Waals surface area contributed by atoms with E-state index in [4.69, 9.17) is 0 Å². The van der Waals surface area contributed by atoms with E-state index in [1.807, 2.05) is 0 Å². The molecule has 58 valence electrons. The van der Waals surface area contributed by atoms with Crippen LogP contribution in [0.3, 0.4) is 0 Å². The SMILES string of the molecule is CCC1=C(C)CN(C)N1C. The maximum atomic E-state index is 2.23. The molecule has 2 heteroatoms. The van der Waals surface area contributed by atoms with E-state index in [-0.39, 0.29) is 0 Å². The van der Waals surface area contributed by atoms with Crippen LogP contribution in [0.4, 0.5) is 0 Å². The minimum atomic E-state index is 1.10. The molecule has 1 aliphatic rings. The van der Waals surface area contributed by atoms with Crippen LogP contribution in [0.5, 0.6) is 0 Å². The van der Waals surface area contributed by atoms with Crippen LogP contribution in [0.25, 0.3) is 0 Å². The van der Waals surface area contributed by atoms with Gasteiger partial charge in [0.2, 0.25) is 0 Å². The molecule has 0 aromatic heterocycles. The standard InChI is InChI=1S/C8H16N2/c1-5-8-7(2)6-9(3)10(8)4/h5-6H2,1-4H3. The van der Waals surface area contributed by atoms with Crippen molar-refractivity contribution in [2.24, 2.45) is 0 Å². The molecule has 2 nitrogen and oxygen atoms in total. The molecule has 0 aromatic carbocycles. The summed E-state index contributed by atoms with van der Waals surface area (Å²) in [4.78, 5) is 0. The highest BCUT2D eigenvalue weighted by atomic mass is 15.6. The second kappa shape index (κ2) is 2.62. The fourth-order valence-corrected chi connectivity index (χ4v) is 1.55. The van der Waals surface area contributed by atoms with Gasteiger partial charge in [0, 0.05) is 26.3 Å². The molecule has 1 rings (SSSR count). The topological polar surface area (TPSA) is 6.48 Å². The molecule has 0 radical (unpaired) electrons. The molecule has 0 saturated carbocycles. The number of nitrogens with zero attached hydrogens (tertiary/aromatic N) is 2. The van der Waals surface area contributed by atoms with Gasteiger partial charge < -0.3 is 5.01 Å². The van der Waals surface area contributed by atoms with Gasteiger partial charge in [-0.1, -0.05) is 6.92 Å². The summed E-state index contributed by atoms with van der Waals surface area (Å²) in [5.41, 5.74) is 2.98.